The Morgan fingerprint density at radius 1 is 1.29 bits per heavy atom. The molecule has 5 nitrogen and oxygen atoms in total. The summed E-state index contributed by atoms with van der Waals surface area (Å²) in [7, 11) is 0. The number of halogens is 1. The second-order valence-corrected chi connectivity index (χ2v) is 7.25. The van der Waals surface area contributed by atoms with E-state index in [4.69, 9.17) is 4.99 Å². The predicted octanol–water partition coefficient (Wildman–Crippen LogP) is 3.43. The van der Waals surface area contributed by atoms with Crippen LogP contribution in [0.5, 0.6) is 0 Å². The molecule has 1 N–H and O–H groups in total. The molecule has 0 atom stereocenters. The van der Waals surface area contributed by atoms with Crippen molar-refractivity contribution in [3.63, 3.8) is 0 Å². The van der Waals surface area contributed by atoms with Gasteiger partial charge in [0, 0.05) is 25.8 Å². The van der Waals surface area contributed by atoms with Crippen LogP contribution in [0, 0.1) is 12.3 Å². The number of guanidine groups is 1. The average Bonchev–Trinajstić information content (AvgIpc) is 3.14. The molecule has 0 bridgehead atoms. The van der Waals surface area contributed by atoms with E-state index >= 15 is 0 Å². The van der Waals surface area contributed by atoms with Gasteiger partial charge in [0.1, 0.15) is 0 Å². The molecule has 2 fully saturated rings. The van der Waals surface area contributed by atoms with Gasteiger partial charge >= 0.3 is 0 Å². The van der Waals surface area contributed by atoms with Gasteiger partial charge in [-0.05, 0) is 44.1 Å². The fraction of sp³-hybridized carbons (Fsp3) is 0.778. The molecule has 1 spiro atoms. The number of aryl methyl sites for hydroxylation is 1. The smallest absolute Gasteiger partial charge is 0.193 e. The molecule has 6 heteroatoms. The maximum absolute atomic E-state index is 4.85. The molecule has 3 rings (SSSR count). The zero-order valence-electron chi connectivity index (χ0n) is 15.1. The minimum Gasteiger partial charge on any atom is -0.357 e. The van der Waals surface area contributed by atoms with Crippen molar-refractivity contribution in [3.05, 3.63) is 18.0 Å². The van der Waals surface area contributed by atoms with E-state index in [9.17, 15) is 0 Å². The molecule has 0 amide bonds. The van der Waals surface area contributed by atoms with Gasteiger partial charge in [-0.3, -0.25) is 9.67 Å². The van der Waals surface area contributed by atoms with E-state index in [0.717, 1.165) is 32.1 Å². The second-order valence-electron chi connectivity index (χ2n) is 7.25. The van der Waals surface area contributed by atoms with Crippen LogP contribution in [0.25, 0.3) is 0 Å². The van der Waals surface area contributed by atoms with Crippen molar-refractivity contribution in [2.75, 3.05) is 26.2 Å². The summed E-state index contributed by atoms with van der Waals surface area (Å²) < 4.78 is 1.98. The highest BCUT2D eigenvalue weighted by molar-refractivity contribution is 14.0. The van der Waals surface area contributed by atoms with Crippen LogP contribution in [0.3, 0.4) is 0 Å². The van der Waals surface area contributed by atoms with Crippen LogP contribution < -0.4 is 5.32 Å². The van der Waals surface area contributed by atoms with E-state index in [1.807, 2.05) is 10.9 Å². The molecular weight excluding hydrogens is 413 g/mol. The first kappa shape index (κ1) is 19.5. The minimum atomic E-state index is 0. The van der Waals surface area contributed by atoms with Gasteiger partial charge in [0.2, 0.25) is 0 Å². The SMILES string of the molecule is CCNC(=NCCn1cc(C)cn1)N1CCC2(CCCCC2)C1.I. The van der Waals surface area contributed by atoms with Gasteiger partial charge in [0.25, 0.3) is 0 Å². The fourth-order valence-corrected chi connectivity index (χ4v) is 4.10. The van der Waals surface area contributed by atoms with Crippen molar-refractivity contribution in [1.29, 1.82) is 0 Å². The lowest BCUT2D eigenvalue weighted by Crippen LogP contribution is -2.41. The van der Waals surface area contributed by atoms with Crippen molar-refractivity contribution in [2.45, 2.75) is 58.9 Å². The topological polar surface area (TPSA) is 45.5 Å². The van der Waals surface area contributed by atoms with Gasteiger partial charge in [-0.25, -0.2) is 0 Å². The van der Waals surface area contributed by atoms with Crippen LogP contribution in [-0.2, 0) is 6.54 Å². The average molecular weight is 445 g/mol. The highest BCUT2D eigenvalue weighted by Gasteiger charge is 2.39. The third-order valence-electron chi connectivity index (χ3n) is 5.34. The predicted molar refractivity (Wildman–Crippen MR) is 110 cm³/mol. The Morgan fingerprint density at radius 3 is 2.75 bits per heavy atom. The number of hydrogen-bond donors (Lipinski definition) is 1. The first-order valence-electron chi connectivity index (χ1n) is 9.23. The van der Waals surface area contributed by atoms with Gasteiger partial charge in [0.15, 0.2) is 5.96 Å². The summed E-state index contributed by atoms with van der Waals surface area (Å²) in [5, 5.41) is 7.82. The van der Waals surface area contributed by atoms with Crippen molar-refractivity contribution >= 4 is 29.9 Å². The van der Waals surface area contributed by atoms with Gasteiger partial charge < -0.3 is 10.2 Å². The maximum Gasteiger partial charge on any atom is 0.193 e. The summed E-state index contributed by atoms with van der Waals surface area (Å²) in [6, 6.07) is 0. The Labute approximate surface area is 163 Å². The van der Waals surface area contributed by atoms with E-state index in [1.54, 1.807) is 0 Å². The Morgan fingerprint density at radius 2 is 2.08 bits per heavy atom. The molecule has 1 saturated carbocycles. The number of hydrogen-bond acceptors (Lipinski definition) is 2. The normalized spacial score (nSPS) is 20.2. The highest BCUT2D eigenvalue weighted by Crippen LogP contribution is 2.43. The maximum atomic E-state index is 4.85. The molecule has 2 aliphatic rings. The lowest BCUT2D eigenvalue weighted by molar-refractivity contribution is 0.203. The molecule has 0 radical (unpaired) electrons. The molecule has 136 valence electrons. The Bertz CT molecular complexity index is 533. The summed E-state index contributed by atoms with van der Waals surface area (Å²) in [4.78, 5) is 7.34. The van der Waals surface area contributed by atoms with E-state index < -0.39 is 0 Å². The Hall–Kier alpha value is -0.790. The zero-order chi connectivity index (χ0) is 16.1. The molecule has 0 aromatic carbocycles. The second kappa shape index (κ2) is 9.06. The number of aliphatic imine (C=N–C) groups is 1. The molecule has 1 aromatic heterocycles. The van der Waals surface area contributed by atoms with Crippen molar-refractivity contribution < 1.29 is 0 Å². The summed E-state index contributed by atoms with van der Waals surface area (Å²) >= 11 is 0. The number of nitrogens with one attached hydrogen (secondary N) is 1. The molecule has 1 aromatic rings. The van der Waals surface area contributed by atoms with Crippen LogP contribution in [0.15, 0.2) is 17.4 Å². The first-order valence-corrected chi connectivity index (χ1v) is 9.23. The molecule has 1 aliphatic carbocycles. The minimum absolute atomic E-state index is 0. The zero-order valence-corrected chi connectivity index (χ0v) is 17.5. The van der Waals surface area contributed by atoms with E-state index in [-0.39, 0.29) is 24.0 Å². The lowest BCUT2D eigenvalue weighted by Gasteiger charge is -2.33. The fourth-order valence-electron chi connectivity index (χ4n) is 4.10. The summed E-state index contributed by atoms with van der Waals surface area (Å²) in [5.41, 5.74) is 1.78. The van der Waals surface area contributed by atoms with E-state index in [1.165, 1.54) is 50.6 Å². The molecular formula is C18H32IN5. The molecule has 1 saturated heterocycles. The van der Waals surface area contributed by atoms with Crippen LogP contribution in [0.1, 0.15) is 51.0 Å². The lowest BCUT2D eigenvalue weighted by atomic mass is 9.73. The summed E-state index contributed by atoms with van der Waals surface area (Å²) in [6.07, 6.45) is 12.4. The van der Waals surface area contributed by atoms with Gasteiger partial charge in [-0.2, -0.15) is 5.10 Å². The third kappa shape index (κ3) is 4.86. The molecule has 1 aliphatic heterocycles. The van der Waals surface area contributed by atoms with Crippen LogP contribution in [-0.4, -0.2) is 46.8 Å². The molecule has 2 heterocycles. The van der Waals surface area contributed by atoms with E-state index in [2.05, 4.69) is 35.4 Å². The van der Waals surface area contributed by atoms with Gasteiger partial charge in [-0.1, -0.05) is 19.3 Å². The van der Waals surface area contributed by atoms with Crippen molar-refractivity contribution in [3.8, 4) is 0 Å². The number of aromatic nitrogens is 2. The largest absolute Gasteiger partial charge is 0.357 e. The number of likely N-dealkylation sites (tertiary alicyclic amines) is 1. The number of rotatable bonds is 4. The van der Waals surface area contributed by atoms with Gasteiger partial charge in [0.05, 0.1) is 19.3 Å². The first-order chi connectivity index (χ1) is 11.2. The highest BCUT2D eigenvalue weighted by atomic mass is 127. The van der Waals surface area contributed by atoms with Crippen LogP contribution >= 0.6 is 24.0 Å². The molecule has 0 unspecified atom stereocenters. The Kier molecular flexibility index (Phi) is 7.37. The summed E-state index contributed by atoms with van der Waals surface area (Å²) in [6.45, 7) is 9.15. The third-order valence-corrected chi connectivity index (χ3v) is 5.34. The summed E-state index contributed by atoms with van der Waals surface area (Å²) in [5.74, 6) is 1.10. The monoisotopic (exact) mass is 445 g/mol. The van der Waals surface area contributed by atoms with Gasteiger partial charge in [-0.15, -0.1) is 24.0 Å². The van der Waals surface area contributed by atoms with E-state index in [0.29, 0.717) is 5.41 Å². The van der Waals surface area contributed by atoms with Crippen molar-refractivity contribution in [1.82, 2.24) is 20.0 Å². The molecule has 24 heavy (non-hydrogen) atoms. The van der Waals surface area contributed by atoms with Crippen LogP contribution in [0.4, 0.5) is 0 Å². The standard InChI is InChI=1S/C18H31N5.HI/c1-3-19-17(20-10-12-23-14-16(2)13-21-23)22-11-9-18(15-22)7-5-4-6-8-18;/h13-14H,3-12,15H2,1-2H3,(H,19,20);1H. The Balaban J connectivity index is 0.00000208. The van der Waals surface area contributed by atoms with Crippen molar-refractivity contribution in [2.24, 2.45) is 10.4 Å². The number of nitrogens with zero attached hydrogens (tertiary/aromatic N) is 4. The van der Waals surface area contributed by atoms with Crippen LogP contribution in [0.2, 0.25) is 0 Å². The quantitative estimate of drug-likeness (QED) is 0.439.